The SMILES string of the molecule is CCOC(=O)c1cccc(CC2OCCO2)c1. The van der Waals surface area contributed by atoms with Gasteiger partial charge in [0.05, 0.1) is 25.4 Å². The average Bonchev–Trinajstić information content (AvgIpc) is 2.82. The van der Waals surface area contributed by atoms with Gasteiger partial charge in [0.25, 0.3) is 0 Å². The summed E-state index contributed by atoms with van der Waals surface area (Å²) in [6.45, 7) is 3.46. The number of ether oxygens (including phenoxy) is 3. The van der Waals surface area contributed by atoms with Crippen LogP contribution in [-0.2, 0) is 20.6 Å². The molecule has 0 radical (unpaired) electrons. The minimum absolute atomic E-state index is 0.188. The van der Waals surface area contributed by atoms with Gasteiger partial charge >= 0.3 is 5.97 Å². The third kappa shape index (κ3) is 3.28. The Morgan fingerprint density at radius 3 is 2.88 bits per heavy atom. The van der Waals surface area contributed by atoms with Crippen molar-refractivity contribution in [2.24, 2.45) is 0 Å². The van der Waals surface area contributed by atoms with E-state index in [1.165, 1.54) is 0 Å². The van der Waals surface area contributed by atoms with Gasteiger partial charge in [-0.15, -0.1) is 0 Å². The minimum Gasteiger partial charge on any atom is -0.462 e. The van der Waals surface area contributed by atoms with E-state index in [1.807, 2.05) is 18.2 Å². The third-order valence-electron chi connectivity index (χ3n) is 2.53. The van der Waals surface area contributed by atoms with Crippen LogP contribution >= 0.6 is 0 Å². The Hall–Kier alpha value is -1.39. The summed E-state index contributed by atoms with van der Waals surface area (Å²) in [6.07, 6.45) is 0.472. The van der Waals surface area contributed by atoms with Crippen molar-refractivity contribution >= 4 is 5.97 Å². The van der Waals surface area contributed by atoms with Crippen molar-refractivity contribution in [1.29, 1.82) is 0 Å². The van der Waals surface area contributed by atoms with Gasteiger partial charge in [0.15, 0.2) is 6.29 Å². The first-order chi connectivity index (χ1) is 8.29. The average molecular weight is 236 g/mol. The lowest BCUT2D eigenvalue weighted by Gasteiger charge is -2.09. The summed E-state index contributed by atoms with van der Waals surface area (Å²) in [6, 6.07) is 7.37. The molecule has 4 heteroatoms. The molecule has 1 saturated heterocycles. The molecule has 1 aliphatic heterocycles. The molecule has 0 bridgehead atoms. The molecule has 17 heavy (non-hydrogen) atoms. The van der Waals surface area contributed by atoms with Crippen molar-refractivity contribution in [3.05, 3.63) is 35.4 Å². The molecule has 2 rings (SSSR count). The number of carbonyl (C=O) groups is 1. The van der Waals surface area contributed by atoms with Gasteiger partial charge in [0, 0.05) is 6.42 Å². The van der Waals surface area contributed by atoms with Gasteiger partial charge in [-0.3, -0.25) is 0 Å². The number of hydrogen-bond donors (Lipinski definition) is 0. The van der Waals surface area contributed by atoms with E-state index >= 15 is 0 Å². The molecule has 0 aliphatic carbocycles. The second-order valence-corrected chi connectivity index (χ2v) is 3.80. The maximum atomic E-state index is 11.5. The number of esters is 1. The van der Waals surface area contributed by atoms with Gasteiger partial charge in [0.1, 0.15) is 0 Å². The predicted octanol–water partition coefficient (Wildman–Crippen LogP) is 1.78. The van der Waals surface area contributed by atoms with Gasteiger partial charge in [-0.05, 0) is 24.6 Å². The highest BCUT2D eigenvalue weighted by atomic mass is 16.7. The first-order valence-electron chi connectivity index (χ1n) is 5.79. The zero-order valence-electron chi connectivity index (χ0n) is 9.85. The molecular formula is C13H16O4. The van der Waals surface area contributed by atoms with Gasteiger partial charge < -0.3 is 14.2 Å². The summed E-state index contributed by atoms with van der Waals surface area (Å²) < 4.78 is 15.7. The molecular weight excluding hydrogens is 220 g/mol. The molecule has 1 aromatic rings. The van der Waals surface area contributed by atoms with Crippen LogP contribution in [0.5, 0.6) is 0 Å². The molecule has 1 aromatic carbocycles. The van der Waals surface area contributed by atoms with Gasteiger partial charge in [-0.25, -0.2) is 4.79 Å². The topological polar surface area (TPSA) is 44.8 Å². The Kier molecular flexibility index (Phi) is 4.12. The lowest BCUT2D eigenvalue weighted by Crippen LogP contribution is -2.12. The van der Waals surface area contributed by atoms with Gasteiger partial charge in [0.2, 0.25) is 0 Å². The fourth-order valence-corrected chi connectivity index (χ4v) is 1.76. The van der Waals surface area contributed by atoms with Gasteiger partial charge in [-0.1, -0.05) is 12.1 Å². The summed E-state index contributed by atoms with van der Waals surface area (Å²) in [5.41, 5.74) is 1.59. The second-order valence-electron chi connectivity index (χ2n) is 3.80. The van der Waals surface area contributed by atoms with E-state index in [0.717, 1.165) is 5.56 Å². The Bertz CT molecular complexity index is 383. The molecule has 0 aromatic heterocycles. The number of rotatable bonds is 4. The van der Waals surface area contributed by atoms with Crippen molar-refractivity contribution in [2.45, 2.75) is 19.6 Å². The summed E-state index contributed by atoms with van der Waals surface area (Å²) in [7, 11) is 0. The van der Waals surface area contributed by atoms with Crippen LogP contribution in [0.2, 0.25) is 0 Å². The maximum absolute atomic E-state index is 11.5. The van der Waals surface area contributed by atoms with Crippen LogP contribution in [0.4, 0.5) is 0 Å². The molecule has 0 atom stereocenters. The van der Waals surface area contributed by atoms with Crippen LogP contribution < -0.4 is 0 Å². The van der Waals surface area contributed by atoms with E-state index in [-0.39, 0.29) is 12.3 Å². The number of hydrogen-bond acceptors (Lipinski definition) is 4. The van der Waals surface area contributed by atoms with Crippen molar-refractivity contribution in [1.82, 2.24) is 0 Å². The summed E-state index contributed by atoms with van der Waals surface area (Å²) in [5.74, 6) is -0.289. The van der Waals surface area contributed by atoms with Crippen LogP contribution in [-0.4, -0.2) is 32.1 Å². The first-order valence-corrected chi connectivity index (χ1v) is 5.79. The largest absolute Gasteiger partial charge is 0.462 e. The van der Waals surface area contributed by atoms with Crippen molar-refractivity contribution in [2.75, 3.05) is 19.8 Å². The fourth-order valence-electron chi connectivity index (χ4n) is 1.76. The monoisotopic (exact) mass is 236 g/mol. The molecule has 0 saturated carbocycles. The van der Waals surface area contributed by atoms with E-state index in [9.17, 15) is 4.79 Å². The quantitative estimate of drug-likeness (QED) is 0.747. The van der Waals surface area contributed by atoms with Crippen LogP contribution in [0.1, 0.15) is 22.8 Å². The molecule has 1 fully saturated rings. The molecule has 92 valence electrons. The molecule has 1 heterocycles. The zero-order chi connectivity index (χ0) is 12.1. The molecule has 4 nitrogen and oxygen atoms in total. The third-order valence-corrected chi connectivity index (χ3v) is 2.53. The standard InChI is InChI=1S/C13H16O4/c1-2-15-13(14)11-5-3-4-10(8-11)9-12-16-6-7-17-12/h3-5,8,12H,2,6-7,9H2,1H3. The normalized spacial score (nSPS) is 16.1. The minimum atomic E-state index is -0.289. The summed E-state index contributed by atoms with van der Waals surface area (Å²) in [5, 5.41) is 0. The zero-order valence-corrected chi connectivity index (χ0v) is 9.85. The van der Waals surface area contributed by atoms with Crippen LogP contribution in [0.25, 0.3) is 0 Å². The van der Waals surface area contributed by atoms with Crippen LogP contribution in [0.3, 0.4) is 0 Å². The Balaban J connectivity index is 2.02. The van der Waals surface area contributed by atoms with Crippen LogP contribution in [0.15, 0.2) is 24.3 Å². The smallest absolute Gasteiger partial charge is 0.338 e. The molecule has 0 amide bonds. The predicted molar refractivity (Wildman–Crippen MR) is 61.8 cm³/mol. The van der Waals surface area contributed by atoms with Crippen molar-refractivity contribution in [3.63, 3.8) is 0 Å². The molecule has 0 N–H and O–H groups in total. The Morgan fingerprint density at radius 1 is 1.41 bits per heavy atom. The van der Waals surface area contributed by atoms with Crippen molar-refractivity contribution < 1.29 is 19.0 Å². The van der Waals surface area contributed by atoms with Crippen LogP contribution in [0, 0.1) is 0 Å². The van der Waals surface area contributed by atoms with E-state index in [0.29, 0.717) is 31.8 Å². The highest BCUT2D eigenvalue weighted by Crippen LogP contribution is 2.13. The molecule has 1 aliphatic rings. The van der Waals surface area contributed by atoms with Crippen molar-refractivity contribution in [3.8, 4) is 0 Å². The number of benzene rings is 1. The highest BCUT2D eigenvalue weighted by molar-refractivity contribution is 5.89. The van der Waals surface area contributed by atoms with E-state index in [1.54, 1.807) is 13.0 Å². The molecule has 0 spiro atoms. The van der Waals surface area contributed by atoms with Gasteiger partial charge in [-0.2, -0.15) is 0 Å². The summed E-state index contributed by atoms with van der Waals surface area (Å²) >= 11 is 0. The Morgan fingerprint density at radius 2 is 2.18 bits per heavy atom. The summed E-state index contributed by atoms with van der Waals surface area (Å²) in [4.78, 5) is 11.5. The maximum Gasteiger partial charge on any atom is 0.338 e. The first kappa shape index (κ1) is 12.1. The lowest BCUT2D eigenvalue weighted by molar-refractivity contribution is -0.0400. The Labute approximate surface area is 100 Å². The van der Waals surface area contributed by atoms with E-state index in [2.05, 4.69) is 0 Å². The fraction of sp³-hybridized carbons (Fsp3) is 0.462. The highest BCUT2D eigenvalue weighted by Gasteiger charge is 2.17. The van der Waals surface area contributed by atoms with E-state index < -0.39 is 0 Å². The second kappa shape index (κ2) is 5.80. The molecule has 0 unspecified atom stereocenters. The van der Waals surface area contributed by atoms with E-state index in [4.69, 9.17) is 14.2 Å². The number of carbonyl (C=O) groups excluding carboxylic acids is 1. The lowest BCUT2D eigenvalue weighted by atomic mass is 10.1.